The van der Waals surface area contributed by atoms with Crippen LogP contribution in [0.5, 0.6) is 0 Å². The molecular formula is C19H20ClFN3O+. The Labute approximate surface area is 150 Å². The number of aryl methyl sites for hydroxylation is 1. The van der Waals surface area contributed by atoms with E-state index in [2.05, 4.69) is 16.9 Å². The van der Waals surface area contributed by atoms with Crippen molar-refractivity contribution < 1.29 is 9.18 Å². The van der Waals surface area contributed by atoms with Gasteiger partial charge in [-0.3, -0.25) is 0 Å². The molecule has 0 aliphatic heterocycles. The van der Waals surface area contributed by atoms with Crippen LogP contribution in [-0.2, 0) is 17.8 Å². The Bertz CT molecular complexity index is 924. The molecule has 0 bridgehead atoms. The summed E-state index contributed by atoms with van der Waals surface area (Å²) >= 11 is 6.29. The SMILES string of the molecule is CCCc1ccc(Cl)c2[nH]c(C[N+](C)(C=O)c3cccc(F)c3)nc12. The van der Waals surface area contributed by atoms with E-state index in [-0.39, 0.29) is 16.8 Å². The second-order valence-electron chi connectivity index (χ2n) is 6.37. The first-order valence-electron chi connectivity index (χ1n) is 8.20. The van der Waals surface area contributed by atoms with Gasteiger partial charge in [0.25, 0.3) is 0 Å². The van der Waals surface area contributed by atoms with Crippen LogP contribution in [0.1, 0.15) is 24.7 Å². The number of hydrogen-bond acceptors (Lipinski definition) is 2. The third-order valence-electron chi connectivity index (χ3n) is 4.35. The van der Waals surface area contributed by atoms with Crippen molar-refractivity contribution in [2.75, 3.05) is 7.05 Å². The number of fused-ring (bicyclic) bond motifs is 1. The lowest BCUT2D eigenvalue weighted by atomic mass is 10.1. The van der Waals surface area contributed by atoms with Crippen molar-refractivity contribution in [2.45, 2.75) is 26.3 Å². The Morgan fingerprint density at radius 1 is 1.32 bits per heavy atom. The molecule has 1 aromatic heterocycles. The predicted octanol–water partition coefficient (Wildman–Crippen LogP) is 4.60. The second-order valence-corrected chi connectivity index (χ2v) is 6.78. The molecule has 0 spiro atoms. The third kappa shape index (κ3) is 3.43. The molecule has 4 nitrogen and oxygen atoms in total. The predicted molar refractivity (Wildman–Crippen MR) is 99.0 cm³/mol. The number of H-pyrrole nitrogens is 1. The van der Waals surface area contributed by atoms with Crippen LogP contribution in [0.2, 0.25) is 5.02 Å². The second kappa shape index (κ2) is 6.94. The average Bonchev–Trinajstić information content (AvgIpc) is 3.02. The number of amides is 1. The van der Waals surface area contributed by atoms with Gasteiger partial charge < -0.3 is 4.98 Å². The lowest BCUT2D eigenvalue weighted by Crippen LogP contribution is -2.43. The maximum absolute atomic E-state index is 13.6. The zero-order valence-electron chi connectivity index (χ0n) is 14.2. The van der Waals surface area contributed by atoms with Crippen molar-refractivity contribution in [1.29, 1.82) is 0 Å². The van der Waals surface area contributed by atoms with Gasteiger partial charge in [0.2, 0.25) is 0 Å². The summed E-state index contributed by atoms with van der Waals surface area (Å²) in [6, 6.07) is 9.90. The molecule has 2 aromatic carbocycles. The Morgan fingerprint density at radius 2 is 2.12 bits per heavy atom. The minimum Gasteiger partial charge on any atom is -0.336 e. The molecule has 6 heteroatoms. The van der Waals surface area contributed by atoms with Crippen molar-refractivity contribution in [3.63, 3.8) is 0 Å². The number of benzene rings is 2. The van der Waals surface area contributed by atoms with Crippen molar-refractivity contribution in [3.05, 3.63) is 58.6 Å². The molecule has 0 aliphatic rings. The van der Waals surface area contributed by atoms with E-state index < -0.39 is 0 Å². The Balaban J connectivity index is 2.02. The van der Waals surface area contributed by atoms with Gasteiger partial charge in [-0.1, -0.05) is 37.1 Å². The van der Waals surface area contributed by atoms with Crippen LogP contribution in [0.15, 0.2) is 36.4 Å². The fourth-order valence-electron chi connectivity index (χ4n) is 3.00. The summed E-state index contributed by atoms with van der Waals surface area (Å²) in [6.07, 6.45) is 2.70. The fraction of sp³-hybridized carbons (Fsp3) is 0.263. The summed E-state index contributed by atoms with van der Waals surface area (Å²) < 4.78 is 13.5. The van der Waals surface area contributed by atoms with Gasteiger partial charge in [-0.25, -0.2) is 18.7 Å². The summed E-state index contributed by atoms with van der Waals surface area (Å²) in [5.41, 5.74) is 3.30. The quantitative estimate of drug-likeness (QED) is 0.515. The molecule has 0 fully saturated rings. The van der Waals surface area contributed by atoms with Crippen molar-refractivity contribution >= 4 is 34.7 Å². The van der Waals surface area contributed by atoms with Gasteiger partial charge in [0, 0.05) is 6.07 Å². The molecule has 130 valence electrons. The number of aromatic nitrogens is 2. The standard InChI is InChI=1S/C19H20ClFN3O/c1-3-5-13-8-9-16(20)19-18(13)22-17(23-19)11-24(2,12-25)15-7-4-6-14(21)10-15/h4,6-10,12H,3,5,11H2,1-2H3,(H,22,23)/q+1. The van der Waals surface area contributed by atoms with Crippen LogP contribution in [0.25, 0.3) is 11.0 Å². The molecule has 1 amide bonds. The highest BCUT2D eigenvalue weighted by molar-refractivity contribution is 6.35. The Morgan fingerprint density at radius 3 is 2.80 bits per heavy atom. The lowest BCUT2D eigenvalue weighted by molar-refractivity contribution is -0.117. The monoisotopic (exact) mass is 360 g/mol. The molecule has 0 radical (unpaired) electrons. The molecule has 0 saturated carbocycles. The van der Waals surface area contributed by atoms with E-state index in [1.165, 1.54) is 12.1 Å². The Kier molecular flexibility index (Phi) is 4.88. The number of aromatic amines is 1. The van der Waals surface area contributed by atoms with Gasteiger partial charge in [0.1, 0.15) is 18.0 Å². The van der Waals surface area contributed by atoms with E-state index in [0.29, 0.717) is 16.5 Å². The zero-order chi connectivity index (χ0) is 18.0. The first-order valence-corrected chi connectivity index (χ1v) is 8.58. The maximum Gasteiger partial charge on any atom is 0.306 e. The molecule has 1 atom stereocenters. The highest BCUT2D eigenvalue weighted by Crippen LogP contribution is 2.28. The topological polar surface area (TPSA) is 45.8 Å². The highest BCUT2D eigenvalue weighted by atomic mass is 35.5. The van der Waals surface area contributed by atoms with Gasteiger partial charge in [0.05, 0.1) is 23.1 Å². The molecule has 1 unspecified atom stereocenters. The molecule has 1 heterocycles. The summed E-state index contributed by atoms with van der Waals surface area (Å²) in [7, 11) is 1.73. The summed E-state index contributed by atoms with van der Waals surface area (Å²) in [5, 5.41) is 0.597. The van der Waals surface area contributed by atoms with Crippen molar-refractivity contribution in [2.24, 2.45) is 0 Å². The number of rotatable bonds is 6. The van der Waals surface area contributed by atoms with E-state index in [0.717, 1.165) is 35.8 Å². The lowest BCUT2D eigenvalue weighted by Gasteiger charge is -2.25. The number of imidazole rings is 1. The van der Waals surface area contributed by atoms with Gasteiger partial charge in [-0.2, -0.15) is 0 Å². The van der Waals surface area contributed by atoms with Crippen LogP contribution >= 0.6 is 11.6 Å². The number of carbonyl (C=O) groups excluding carboxylic acids is 1. The highest BCUT2D eigenvalue weighted by Gasteiger charge is 2.27. The number of carbonyl (C=O) groups is 1. The molecule has 1 N–H and O–H groups in total. The van der Waals surface area contributed by atoms with E-state index in [1.54, 1.807) is 19.2 Å². The van der Waals surface area contributed by atoms with Crippen LogP contribution in [0.3, 0.4) is 0 Å². The average molecular weight is 361 g/mol. The summed E-state index contributed by atoms with van der Waals surface area (Å²) in [5.74, 6) is 0.265. The maximum atomic E-state index is 13.6. The summed E-state index contributed by atoms with van der Waals surface area (Å²) in [6.45, 7) is 2.39. The van der Waals surface area contributed by atoms with E-state index >= 15 is 0 Å². The fourth-order valence-corrected chi connectivity index (χ4v) is 3.20. The first-order chi connectivity index (χ1) is 12.0. The van der Waals surface area contributed by atoms with Gasteiger partial charge in [-0.05, 0) is 30.2 Å². The van der Waals surface area contributed by atoms with Crippen LogP contribution < -0.4 is 4.48 Å². The Hall–Kier alpha value is -2.24. The van der Waals surface area contributed by atoms with Gasteiger partial charge in [0.15, 0.2) is 5.82 Å². The van der Waals surface area contributed by atoms with Crippen molar-refractivity contribution in [1.82, 2.24) is 14.5 Å². The first kappa shape index (κ1) is 17.6. The largest absolute Gasteiger partial charge is 0.336 e. The molecule has 0 aliphatic carbocycles. The smallest absolute Gasteiger partial charge is 0.306 e. The minimum atomic E-state index is -0.374. The van der Waals surface area contributed by atoms with Crippen LogP contribution in [0, 0.1) is 5.82 Å². The third-order valence-corrected chi connectivity index (χ3v) is 4.67. The molecule has 0 saturated heterocycles. The summed E-state index contributed by atoms with van der Waals surface area (Å²) in [4.78, 5) is 19.7. The molecule has 3 rings (SSSR count). The molecule has 25 heavy (non-hydrogen) atoms. The molecular weight excluding hydrogens is 341 g/mol. The van der Waals surface area contributed by atoms with Crippen LogP contribution in [0.4, 0.5) is 10.1 Å². The molecule has 3 aromatic rings. The number of nitrogens with zero attached hydrogens (tertiary/aromatic N) is 2. The van der Waals surface area contributed by atoms with Crippen molar-refractivity contribution in [3.8, 4) is 0 Å². The van der Waals surface area contributed by atoms with Gasteiger partial charge >= 0.3 is 6.41 Å². The van der Waals surface area contributed by atoms with E-state index in [1.807, 2.05) is 12.1 Å². The van der Waals surface area contributed by atoms with E-state index in [9.17, 15) is 9.18 Å². The number of quaternary nitrogens is 1. The number of halogens is 2. The van der Waals surface area contributed by atoms with Gasteiger partial charge in [-0.15, -0.1) is 0 Å². The number of hydrogen-bond donors (Lipinski definition) is 1. The zero-order valence-corrected chi connectivity index (χ0v) is 15.0. The minimum absolute atomic E-state index is 0.113. The van der Waals surface area contributed by atoms with Crippen LogP contribution in [-0.4, -0.2) is 23.4 Å². The normalized spacial score (nSPS) is 13.8. The van der Waals surface area contributed by atoms with E-state index in [4.69, 9.17) is 11.6 Å². The number of nitrogens with one attached hydrogen (secondary N) is 1.